The number of aryl methyl sites for hydroxylation is 1. The van der Waals surface area contributed by atoms with Gasteiger partial charge in [-0.1, -0.05) is 51.7 Å². The maximum atomic E-state index is 13.5. The predicted molar refractivity (Wildman–Crippen MR) is 147 cm³/mol. The molecule has 0 aliphatic heterocycles. The van der Waals surface area contributed by atoms with Gasteiger partial charge in [0.25, 0.3) is 0 Å². The van der Waals surface area contributed by atoms with Crippen molar-refractivity contribution in [2.75, 3.05) is 30.2 Å². The first kappa shape index (κ1) is 27.9. The highest BCUT2D eigenvalue weighted by Gasteiger charge is 2.24. The fourth-order valence-electron chi connectivity index (χ4n) is 3.35. The van der Waals surface area contributed by atoms with Gasteiger partial charge in [0, 0.05) is 10.6 Å². The van der Waals surface area contributed by atoms with E-state index in [1.54, 1.807) is 35.3 Å². The molecule has 1 N–H and O–H groups in total. The Morgan fingerprint density at radius 3 is 2.39 bits per heavy atom. The Balaban J connectivity index is 2.22. The number of nitrogens with zero attached hydrogens (tertiary/aromatic N) is 1. The van der Waals surface area contributed by atoms with E-state index in [4.69, 9.17) is 4.74 Å². The van der Waals surface area contributed by atoms with Gasteiger partial charge >= 0.3 is 0 Å². The zero-order valence-electron chi connectivity index (χ0n) is 20.6. The monoisotopic (exact) mass is 506 g/mol. The average molecular weight is 507 g/mol. The number of benzene rings is 1. The summed E-state index contributed by atoms with van der Waals surface area (Å²) in [5, 5.41) is 3.80. The van der Waals surface area contributed by atoms with Crippen molar-refractivity contribution in [3.05, 3.63) is 41.6 Å². The van der Waals surface area contributed by atoms with E-state index in [0.29, 0.717) is 0 Å². The Morgan fingerprint density at radius 1 is 1.03 bits per heavy atom. The highest BCUT2D eigenvalue weighted by molar-refractivity contribution is 8.00. The third-order valence-corrected chi connectivity index (χ3v) is 8.00. The Labute approximate surface area is 212 Å². The van der Waals surface area contributed by atoms with Gasteiger partial charge in [-0.15, -0.1) is 35.3 Å². The molecule has 1 aromatic carbocycles. The molecule has 33 heavy (non-hydrogen) atoms. The molecule has 2 rings (SSSR count). The maximum absolute atomic E-state index is 13.5. The highest BCUT2D eigenvalue weighted by atomic mass is 32.2. The standard InChI is InChI=1S/C26H38N2O2S3/c1-6-8-10-11-17-33-24(20-12-14-21(15-13-20)30-16-9-7-2)25(29)28-23-22(31-4)18-19(3)27-26(23)32-5/h12-15,18,24H,6-11,16-17H2,1-5H3,(H,28,29). The van der Waals surface area contributed by atoms with Crippen LogP contribution in [0.25, 0.3) is 0 Å². The lowest BCUT2D eigenvalue weighted by Crippen LogP contribution is -2.20. The van der Waals surface area contributed by atoms with Crippen LogP contribution in [0.3, 0.4) is 0 Å². The number of thioether (sulfide) groups is 3. The van der Waals surface area contributed by atoms with E-state index in [2.05, 4.69) is 24.1 Å². The van der Waals surface area contributed by atoms with E-state index >= 15 is 0 Å². The van der Waals surface area contributed by atoms with Gasteiger partial charge in [-0.2, -0.15) is 0 Å². The second-order valence-electron chi connectivity index (χ2n) is 7.92. The molecule has 0 aliphatic rings. The number of ether oxygens (including phenoxy) is 1. The predicted octanol–water partition coefficient (Wildman–Crippen LogP) is 8.01. The van der Waals surface area contributed by atoms with E-state index in [0.717, 1.165) is 64.2 Å². The number of hydrogen-bond donors (Lipinski definition) is 1. The second kappa shape index (κ2) is 15.6. The van der Waals surface area contributed by atoms with Gasteiger partial charge in [-0.3, -0.25) is 4.79 Å². The molecule has 0 saturated carbocycles. The van der Waals surface area contributed by atoms with Gasteiger partial charge in [0.15, 0.2) is 0 Å². The summed E-state index contributed by atoms with van der Waals surface area (Å²) in [6, 6.07) is 10.1. The van der Waals surface area contributed by atoms with Crippen LogP contribution in [-0.4, -0.2) is 35.8 Å². The van der Waals surface area contributed by atoms with Crippen molar-refractivity contribution in [2.45, 2.75) is 74.5 Å². The van der Waals surface area contributed by atoms with Gasteiger partial charge in [-0.05, 0) is 61.8 Å². The van der Waals surface area contributed by atoms with Crippen LogP contribution in [0.5, 0.6) is 5.75 Å². The van der Waals surface area contributed by atoms with Crippen LogP contribution >= 0.6 is 35.3 Å². The number of pyridine rings is 1. The lowest BCUT2D eigenvalue weighted by Gasteiger charge is -2.20. The summed E-state index contributed by atoms with van der Waals surface area (Å²) in [6.45, 7) is 7.09. The van der Waals surface area contributed by atoms with Crippen LogP contribution in [0.15, 0.2) is 40.3 Å². The fourth-order valence-corrected chi connectivity index (χ4v) is 5.83. The van der Waals surface area contributed by atoms with Crippen LogP contribution in [0.2, 0.25) is 0 Å². The van der Waals surface area contributed by atoms with E-state index in [-0.39, 0.29) is 11.2 Å². The van der Waals surface area contributed by atoms with E-state index < -0.39 is 0 Å². The first-order valence-corrected chi connectivity index (χ1v) is 15.3. The zero-order chi connectivity index (χ0) is 24.1. The molecule has 0 radical (unpaired) electrons. The smallest absolute Gasteiger partial charge is 0.242 e. The summed E-state index contributed by atoms with van der Waals surface area (Å²) in [6.07, 6.45) is 11.0. The molecule has 1 aromatic heterocycles. The Bertz CT molecular complexity index is 834. The average Bonchev–Trinajstić information content (AvgIpc) is 2.82. The second-order valence-corrected chi connectivity index (χ2v) is 10.8. The number of nitrogens with one attached hydrogen (secondary N) is 1. The molecule has 1 amide bonds. The number of rotatable bonds is 15. The van der Waals surface area contributed by atoms with Crippen molar-refractivity contribution >= 4 is 46.9 Å². The highest BCUT2D eigenvalue weighted by Crippen LogP contribution is 2.37. The number of hydrogen-bond acceptors (Lipinski definition) is 6. The van der Waals surface area contributed by atoms with Crippen molar-refractivity contribution in [3.63, 3.8) is 0 Å². The minimum atomic E-state index is -0.276. The van der Waals surface area contributed by atoms with Gasteiger partial charge in [0.1, 0.15) is 16.0 Å². The molecule has 4 nitrogen and oxygen atoms in total. The van der Waals surface area contributed by atoms with Crippen LogP contribution in [0.4, 0.5) is 5.69 Å². The number of anilines is 1. The quantitative estimate of drug-likeness (QED) is 0.195. The summed E-state index contributed by atoms with van der Waals surface area (Å²) in [7, 11) is 0. The van der Waals surface area contributed by atoms with Gasteiger partial charge in [0.05, 0.1) is 12.3 Å². The summed E-state index contributed by atoms with van der Waals surface area (Å²) in [4.78, 5) is 19.2. The van der Waals surface area contributed by atoms with Crippen LogP contribution < -0.4 is 10.1 Å². The molecule has 1 atom stereocenters. The van der Waals surface area contributed by atoms with Gasteiger partial charge < -0.3 is 10.1 Å². The molecule has 2 aromatic rings. The van der Waals surface area contributed by atoms with E-state index in [9.17, 15) is 4.79 Å². The molecule has 0 fully saturated rings. The maximum Gasteiger partial charge on any atom is 0.242 e. The molecule has 0 spiro atoms. The largest absolute Gasteiger partial charge is 0.494 e. The molecule has 0 aliphatic carbocycles. The molecular weight excluding hydrogens is 468 g/mol. The number of carbonyl (C=O) groups is 1. The topological polar surface area (TPSA) is 51.2 Å². The Hall–Kier alpha value is -1.31. The number of amides is 1. The zero-order valence-corrected chi connectivity index (χ0v) is 23.1. The first-order valence-electron chi connectivity index (χ1n) is 11.8. The Kier molecular flexibility index (Phi) is 13.2. The van der Waals surface area contributed by atoms with Crippen molar-refractivity contribution in [3.8, 4) is 5.75 Å². The van der Waals surface area contributed by atoms with Crippen LogP contribution in [0, 0.1) is 6.92 Å². The third-order valence-electron chi connectivity index (χ3n) is 5.21. The van der Waals surface area contributed by atoms with Gasteiger partial charge in [0.2, 0.25) is 5.91 Å². The lowest BCUT2D eigenvalue weighted by atomic mass is 10.1. The lowest BCUT2D eigenvalue weighted by molar-refractivity contribution is -0.115. The summed E-state index contributed by atoms with van der Waals surface area (Å²) in [5.41, 5.74) is 2.79. The molecule has 182 valence electrons. The summed E-state index contributed by atoms with van der Waals surface area (Å²) >= 11 is 4.92. The van der Waals surface area contributed by atoms with Crippen LogP contribution in [0.1, 0.15) is 68.9 Å². The van der Waals surface area contributed by atoms with Crippen molar-refractivity contribution in [2.24, 2.45) is 0 Å². The molecule has 7 heteroatoms. The Morgan fingerprint density at radius 2 is 1.76 bits per heavy atom. The minimum absolute atomic E-state index is 0.00592. The third kappa shape index (κ3) is 9.10. The van der Waals surface area contributed by atoms with E-state index in [1.807, 2.05) is 49.8 Å². The first-order chi connectivity index (χ1) is 16.0. The summed E-state index contributed by atoms with van der Waals surface area (Å²) in [5.74, 6) is 1.83. The number of aromatic nitrogens is 1. The fraction of sp³-hybridized carbons (Fsp3) is 0.538. The van der Waals surface area contributed by atoms with Crippen molar-refractivity contribution < 1.29 is 9.53 Å². The number of carbonyl (C=O) groups excluding carboxylic acids is 1. The van der Waals surface area contributed by atoms with E-state index in [1.165, 1.54) is 19.3 Å². The molecule has 1 unspecified atom stereocenters. The van der Waals surface area contributed by atoms with Gasteiger partial charge in [-0.25, -0.2) is 4.98 Å². The minimum Gasteiger partial charge on any atom is -0.494 e. The summed E-state index contributed by atoms with van der Waals surface area (Å²) < 4.78 is 5.81. The number of unbranched alkanes of at least 4 members (excludes halogenated alkanes) is 4. The van der Waals surface area contributed by atoms with Crippen molar-refractivity contribution in [1.82, 2.24) is 4.98 Å². The van der Waals surface area contributed by atoms with Crippen LogP contribution in [-0.2, 0) is 4.79 Å². The normalized spacial score (nSPS) is 11.9. The molecular formula is C26H38N2O2S3. The SMILES string of the molecule is CCCCCCSC(C(=O)Nc1c(SC)cc(C)nc1SC)c1ccc(OCCCC)cc1. The molecule has 0 saturated heterocycles. The van der Waals surface area contributed by atoms with Crippen molar-refractivity contribution in [1.29, 1.82) is 0 Å². The molecule has 1 heterocycles. The molecule has 0 bridgehead atoms.